The number of amides is 1. The van der Waals surface area contributed by atoms with Crippen molar-refractivity contribution in [2.45, 2.75) is 13.0 Å². The van der Waals surface area contributed by atoms with Crippen LogP contribution in [-0.4, -0.2) is 24.1 Å². The van der Waals surface area contributed by atoms with Crippen molar-refractivity contribution in [3.05, 3.63) is 66.1 Å². The SMILES string of the molecule is CNC(=O)CCOc1cccc2c1ccn2Cc1ccc(F)cc1. The zero-order valence-corrected chi connectivity index (χ0v) is 13.5. The first kappa shape index (κ1) is 16.1. The highest BCUT2D eigenvalue weighted by atomic mass is 19.1. The lowest BCUT2D eigenvalue weighted by molar-refractivity contribution is -0.121. The molecule has 4 nitrogen and oxygen atoms in total. The van der Waals surface area contributed by atoms with Gasteiger partial charge in [-0.25, -0.2) is 4.39 Å². The van der Waals surface area contributed by atoms with Crippen LogP contribution in [0.4, 0.5) is 4.39 Å². The van der Waals surface area contributed by atoms with E-state index in [2.05, 4.69) is 9.88 Å². The van der Waals surface area contributed by atoms with E-state index < -0.39 is 0 Å². The van der Waals surface area contributed by atoms with Crippen molar-refractivity contribution in [2.75, 3.05) is 13.7 Å². The summed E-state index contributed by atoms with van der Waals surface area (Å²) in [5, 5.41) is 3.57. The average molecular weight is 326 g/mol. The molecule has 3 aromatic rings. The first-order valence-corrected chi connectivity index (χ1v) is 7.83. The van der Waals surface area contributed by atoms with Gasteiger partial charge in [0.05, 0.1) is 18.5 Å². The maximum absolute atomic E-state index is 13.0. The molecule has 0 bridgehead atoms. The summed E-state index contributed by atoms with van der Waals surface area (Å²) in [5.74, 6) is 0.480. The highest BCUT2D eigenvalue weighted by molar-refractivity contribution is 5.86. The molecule has 0 saturated heterocycles. The van der Waals surface area contributed by atoms with Gasteiger partial charge in [0, 0.05) is 25.2 Å². The third kappa shape index (κ3) is 3.56. The molecular weight excluding hydrogens is 307 g/mol. The van der Waals surface area contributed by atoms with Crippen LogP contribution in [0, 0.1) is 5.82 Å². The summed E-state index contributed by atoms with van der Waals surface area (Å²) < 4.78 is 20.9. The number of hydrogen-bond donors (Lipinski definition) is 1. The maximum atomic E-state index is 13.0. The Hall–Kier alpha value is -2.82. The van der Waals surface area contributed by atoms with Gasteiger partial charge in [-0.05, 0) is 35.9 Å². The van der Waals surface area contributed by atoms with Crippen LogP contribution < -0.4 is 10.1 Å². The van der Waals surface area contributed by atoms with Gasteiger partial charge in [-0.15, -0.1) is 0 Å². The molecule has 1 heterocycles. The van der Waals surface area contributed by atoms with Crippen molar-refractivity contribution in [3.63, 3.8) is 0 Å². The number of nitrogens with zero attached hydrogens (tertiary/aromatic N) is 1. The zero-order valence-electron chi connectivity index (χ0n) is 13.5. The molecule has 2 aromatic carbocycles. The van der Waals surface area contributed by atoms with E-state index in [0.29, 0.717) is 19.6 Å². The Morgan fingerprint density at radius 3 is 2.71 bits per heavy atom. The summed E-state index contributed by atoms with van der Waals surface area (Å²) in [7, 11) is 1.61. The molecular formula is C19H19FN2O2. The molecule has 0 radical (unpaired) electrons. The van der Waals surface area contributed by atoms with E-state index in [1.165, 1.54) is 12.1 Å². The minimum absolute atomic E-state index is 0.0453. The van der Waals surface area contributed by atoms with Crippen molar-refractivity contribution in [2.24, 2.45) is 0 Å². The number of carbonyl (C=O) groups excluding carboxylic acids is 1. The molecule has 0 aliphatic rings. The van der Waals surface area contributed by atoms with E-state index in [4.69, 9.17) is 4.74 Å². The second-order valence-electron chi connectivity index (χ2n) is 5.53. The predicted molar refractivity (Wildman–Crippen MR) is 91.6 cm³/mol. The lowest BCUT2D eigenvalue weighted by Crippen LogP contribution is -2.20. The molecule has 1 N–H and O–H groups in total. The number of hydrogen-bond acceptors (Lipinski definition) is 2. The second-order valence-corrected chi connectivity index (χ2v) is 5.53. The van der Waals surface area contributed by atoms with E-state index in [1.54, 1.807) is 19.2 Å². The van der Waals surface area contributed by atoms with E-state index in [0.717, 1.165) is 22.2 Å². The van der Waals surface area contributed by atoms with Crippen LogP contribution >= 0.6 is 0 Å². The van der Waals surface area contributed by atoms with Crippen LogP contribution in [0.2, 0.25) is 0 Å². The van der Waals surface area contributed by atoms with Gasteiger partial charge in [-0.1, -0.05) is 18.2 Å². The average Bonchev–Trinajstić information content (AvgIpc) is 3.00. The van der Waals surface area contributed by atoms with Gasteiger partial charge in [0.25, 0.3) is 0 Å². The largest absolute Gasteiger partial charge is 0.492 e. The second kappa shape index (κ2) is 7.17. The number of carbonyl (C=O) groups is 1. The van der Waals surface area contributed by atoms with Gasteiger partial charge in [0.1, 0.15) is 11.6 Å². The fourth-order valence-corrected chi connectivity index (χ4v) is 2.62. The Kier molecular flexibility index (Phi) is 4.79. The Bertz CT molecular complexity index is 840. The highest BCUT2D eigenvalue weighted by Gasteiger charge is 2.08. The fraction of sp³-hybridized carbons (Fsp3) is 0.211. The van der Waals surface area contributed by atoms with Gasteiger partial charge in [-0.2, -0.15) is 0 Å². The van der Waals surface area contributed by atoms with Crippen LogP contribution in [0.25, 0.3) is 10.9 Å². The Morgan fingerprint density at radius 2 is 1.96 bits per heavy atom. The summed E-state index contributed by atoms with van der Waals surface area (Å²) >= 11 is 0. The molecule has 0 fully saturated rings. The van der Waals surface area contributed by atoms with E-state index >= 15 is 0 Å². The van der Waals surface area contributed by atoms with Crippen LogP contribution in [-0.2, 0) is 11.3 Å². The van der Waals surface area contributed by atoms with Gasteiger partial charge in [0.15, 0.2) is 0 Å². The summed E-state index contributed by atoms with van der Waals surface area (Å²) in [6, 6.07) is 14.3. The van der Waals surface area contributed by atoms with Gasteiger partial charge >= 0.3 is 0 Å². The number of halogens is 1. The van der Waals surface area contributed by atoms with E-state index in [1.807, 2.05) is 30.5 Å². The lowest BCUT2D eigenvalue weighted by atomic mass is 10.2. The minimum Gasteiger partial charge on any atom is -0.492 e. The molecule has 3 rings (SSSR count). The van der Waals surface area contributed by atoms with Crippen LogP contribution in [0.15, 0.2) is 54.7 Å². The molecule has 1 aromatic heterocycles. The Labute approximate surface area is 139 Å². The summed E-state index contributed by atoms with van der Waals surface area (Å²) in [4.78, 5) is 11.3. The first-order chi connectivity index (χ1) is 11.7. The highest BCUT2D eigenvalue weighted by Crippen LogP contribution is 2.27. The lowest BCUT2D eigenvalue weighted by Gasteiger charge is -2.09. The van der Waals surface area contributed by atoms with Crippen molar-refractivity contribution in [1.29, 1.82) is 0 Å². The third-order valence-corrected chi connectivity index (χ3v) is 3.91. The summed E-state index contributed by atoms with van der Waals surface area (Å²) in [5.41, 5.74) is 2.07. The van der Waals surface area contributed by atoms with Gasteiger partial charge in [0.2, 0.25) is 5.91 Å². The summed E-state index contributed by atoms with van der Waals surface area (Å²) in [6.07, 6.45) is 2.31. The minimum atomic E-state index is -0.233. The molecule has 124 valence electrons. The molecule has 0 saturated carbocycles. The standard InChI is InChI=1S/C19H19FN2O2/c1-21-19(23)10-12-24-18-4-2-3-17-16(18)9-11-22(17)13-14-5-7-15(20)8-6-14/h2-9,11H,10,12-13H2,1H3,(H,21,23). The number of fused-ring (bicyclic) bond motifs is 1. The maximum Gasteiger partial charge on any atom is 0.223 e. The predicted octanol–water partition coefficient (Wildman–Crippen LogP) is 3.34. The third-order valence-electron chi connectivity index (χ3n) is 3.91. The van der Waals surface area contributed by atoms with E-state index in [9.17, 15) is 9.18 Å². The van der Waals surface area contributed by atoms with Crippen LogP contribution in [0.3, 0.4) is 0 Å². The summed E-state index contributed by atoms with van der Waals surface area (Å²) in [6.45, 7) is 0.993. The molecule has 0 atom stereocenters. The first-order valence-electron chi connectivity index (χ1n) is 7.83. The monoisotopic (exact) mass is 326 g/mol. The van der Waals surface area contributed by atoms with Crippen molar-refractivity contribution < 1.29 is 13.9 Å². The quantitative estimate of drug-likeness (QED) is 0.755. The normalized spacial score (nSPS) is 10.8. The van der Waals surface area contributed by atoms with Crippen molar-refractivity contribution in [1.82, 2.24) is 9.88 Å². The van der Waals surface area contributed by atoms with Crippen LogP contribution in [0.5, 0.6) is 5.75 Å². The van der Waals surface area contributed by atoms with Crippen molar-refractivity contribution >= 4 is 16.8 Å². The van der Waals surface area contributed by atoms with Gasteiger partial charge < -0.3 is 14.6 Å². The number of aromatic nitrogens is 1. The molecule has 0 unspecified atom stereocenters. The number of nitrogens with one attached hydrogen (secondary N) is 1. The smallest absolute Gasteiger partial charge is 0.223 e. The zero-order chi connectivity index (χ0) is 16.9. The molecule has 5 heteroatoms. The fourth-order valence-electron chi connectivity index (χ4n) is 2.62. The molecule has 0 spiro atoms. The topological polar surface area (TPSA) is 43.3 Å². The Balaban J connectivity index is 1.78. The Morgan fingerprint density at radius 1 is 1.17 bits per heavy atom. The van der Waals surface area contributed by atoms with Crippen LogP contribution in [0.1, 0.15) is 12.0 Å². The van der Waals surface area contributed by atoms with Gasteiger partial charge in [-0.3, -0.25) is 4.79 Å². The molecule has 0 aliphatic heterocycles. The molecule has 24 heavy (non-hydrogen) atoms. The number of ether oxygens (including phenoxy) is 1. The number of rotatable bonds is 6. The number of benzene rings is 2. The van der Waals surface area contributed by atoms with Crippen molar-refractivity contribution in [3.8, 4) is 5.75 Å². The molecule has 1 amide bonds. The van der Waals surface area contributed by atoms with E-state index in [-0.39, 0.29) is 11.7 Å². The molecule has 0 aliphatic carbocycles.